The lowest BCUT2D eigenvalue weighted by molar-refractivity contribution is 0.0951. The quantitative estimate of drug-likeness (QED) is 0.900. The molecule has 0 unspecified atom stereocenters. The number of aryl methyl sites for hydroxylation is 1. The first-order valence-corrected chi connectivity index (χ1v) is 8.66. The van der Waals surface area contributed by atoms with E-state index in [0.717, 1.165) is 4.88 Å². The Morgan fingerprint density at radius 2 is 2.05 bits per heavy atom. The first kappa shape index (κ1) is 15.7. The number of carbonyl (C=O) groups excluding carboxylic acids is 1. The largest absolute Gasteiger partial charge is 0.347 e. The molecule has 0 atom stereocenters. The summed E-state index contributed by atoms with van der Waals surface area (Å²) in [6, 6.07) is 6.80. The van der Waals surface area contributed by atoms with Gasteiger partial charge in [-0.05, 0) is 48.6 Å². The van der Waals surface area contributed by atoms with Gasteiger partial charge in [-0.1, -0.05) is 6.07 Å². The van der Waals surface area contributed by atoms with Crippen LogP contribution >= 0.6 is 11.3 Å². The minimum atomic E-state index is -3.85. The number of nitrogens with one attached hydrogen (secondary N) is 1. The molecule has 0 saturated carbocycles. The van der Waals surface area contributed by atoms with E-state index < -0.39 is 10.0 Å². The maximum absolute atomic E-state index is 12.1. The van der Waals surface area contributed by atoms with E-state index in [1.54, 1.807) is 31.3 Å². The third-order valence-corrected chi connectivity index (χ3v) is 5.11. The number of hydrogen-bond donors (Lipinski definition) is 2. The van der Waals surface area contributed by atoms with E-state index in [1.807, 2.05) is 17.5 Å². The molecule has 0 saturated heterocycles. The summed E-state index contributed by atoms with van der Waals surface area (Å²) >= 11 is 1.54. The number of carbonyl (C=O) groups is 1. The van der Waals surface area contributed by atoms with Crippen molar-refractivity contribution in [1.29, 1.82) is 0 Å². The molecule has 21 heavy (non-hydrogen) atoms. The molecule has 1 aromatic carbocycles. The van der Waals surface area contributed by atoms with Crippen molar-refractivity contribution in [2.45, 2.75) is 25.3 Å². The zero-order chi connectivity index (χ0) is 15.6. The molecule has 0 aliphatic carbocycles. The van der Waals surface area contributed by atoms with Crippen molar-refractivity contribution in [3.63, 3.8) is 0 Å². The Balaban J connectivity index is 2.27. The lowest BCUT2D eigenvalue weighted by Crippen LogP contribution is -2.23. The summed E-state index contributed by atoms with van der Waals surface area (Å²) in [6.07, 6.45) is 0. The minimum Gasteiger partial charge on any atom is -0.347 e. The average Bonchev–Trinajstić information content (AvgIpc) is 2.90. The second-order valence-corrected chi connectivity index (χ2v) is 7.29. The van der Waals surface area contributed by atoms with Gasteiger partial charge in [0.2, 0.25) is 10.0 Å². The smallest absolute Gasteiger partial charge is 0.251 e. The highest BCUT2D eigenvalue weighted by atomic mass is 32.2. The van der Waals surface area contributed by atoms with E-state index in [4.69, 9.17) is 5.14 Å². The Bertz CT molecular complexity index is 766. The first-order valence-electron chi connectivity index (χ1n) is 6.23. The summed E-state index contributed by atoms with van der Waals surface area (Å²) in [7, 11) is -3.85. The third-order valence-electron chi connectivity index (χ3n) is 3.19. The maximum atomic E-state index is 12.1. The minimum absolute atomic E-state index is 0.0104. The van der Waals surface area contributed by atoms with Crippen LogP contribution in [0.2, 0.25) is 0 Å². The van der Waals surface area contributed by atoms with E-state index in [-0.39, 0.29) is 10.8 Å². The van der Waals surface area contributed by atoms with Crippen LogP contribution in [0.15, 0.2) is 34.5 Å². The highest BCUT2D eigenvalue weighted by molar-refractivity contribution is 7.89. The second-order valence-electron chi connectivity index (χ2n) is 4.72. The van der Waals surface area contributed by atoms with Crippen LogP contribution in [0.3, 0.4) is 0 Å². The van der Waals surface area contributed by atoms with Gasteiger partial charge in [-0.25, -0.2) is 13.6 Å². The van der Waals surface area contributed by atoms with Crippen LogP contribution in [0.1, 0.15) is 26.4 Å². The molecule has 112 valence electrons. The Morgan fingerprint density at radius 3 is 2.62 bits per heavy atom. The van der Waals surface area contributed by atoms with Gasteiger partial charge in [-0.2, -0.15) is 0 Å². The molecular formula is C14H16N2O3S2. The number of primary sulfonamides is 1. The molecule has 0 fully saturated rings. The number of sulfonamides is 1. The molecule has 0 aliphatic rings. The highest BCUT2D eigenvalue weighted by Crippen LogP contribution is 2.20. The van der Waals surface area contributed by atoms with Crippen molar-refractivity contribution < 1.29 is 13.2 Å². The van der Waals surface area contributed by atoms with Crippen LogP contribution in [0.5, 0.6) is 0 Å². The van der Waals surface area contributed by atoms with Crippen molar-refractivity contribution in [3.8, 4) is 0 Å². The number of hydrogen-bond acceptors (Lipinski definition) is 4. The standard InChI is InChI=1S/C14H16N2O3S2/c1-9-6-11(7-13(10(9)2)21(15,18)19)14(17)16-8-12-4-3-5-20-12/h3-7H,8H2,1-2H3,(H,16,17)(H2,15,18,19). The molecule has 0 radical (unpaired) electrons. The topological polar surface area (TPSA) is 89.3 Å². The Hall–Kier alpha value is -1.70. The zero-order valence-corrected chi connectivity index (χ0v) is 13.3. The predicted octanol–water partition coefficient (Wildman–Crippen LogP) is 1.94. The lowest BCUT2D eigenvalue weighted by Gasteiger charge is -2.10. The first-order chi connectivity index (χ1) is 9.79. The van der Waals surface area contributed by atoms with Gasteiger partial charge in [-0.15, -0.1) is 11.3 Å². The number of amides is 1. The van der Waals surface area contributed by atoms with Crippen LogP contribution in [0.25, 0.3) is 0 Å². The van der Waals surface area contributed by atoms with Gasteiger partial charge < -0.3 is 5.32 Å². The lowest BCUT2D eigenvalue weighted by atomic mass is 10.1. The van der Waals surface area contributed by atoms with E-state index >= 15 is 0 Å². The van der Waals surface area contributed by atoms with Crippen LogP contribution in [-0.2, 0) is 16.6 Å². The molecule has 2 rings (SSSR count). The van der Waals surface area contributed by atoms with Gasteiger partial charge in [0.15, 0.2) is 0 Å². The molecule has 3 N–H and O–H groups in total. The predicted molar refractivity (Wildman–Crippen MR) is 82.8 cm³/mol. The van der Waals surface area contributed by atoms with Crippen LogP contribution in [0, 0.1) is 13.8 Å². The fourth-order valence-corrected chi connectivity index (χ4v) is 3.46. The van der Waals surface area contributed by atoms with Crippen molar-refractivity contribution in [2.24, 2.45) is 5.14 Å². The summed E-state index contributed by atoms with van der Waals surface area (Å²) in [5, 5.41) is 9.88. The van der Waals surface area contributed by atoms with Crippen LogP contribution < -0.4 is 10.5 Å². The summed E-state index contributed by atoms with van der Waals surface area (Å²) in [6.45, 7) is 3.83. The second kappa shape index (κ2) is 5.97. The molecule has 0 aliphatic heterocycles. The summed E-state index contributed by atoms with van der Waals surface area (Å²) in [4.78, 5) is 13.2. The van der Waals surface area contributed by atoms with Crippen LogP contribution in [0.4, 0.5) is 0 Å². The van der Waals surface area contributed by atoms with Gasteiger partial charge in [0, 0.05) is 10.4 Å². The fourth-order valence-electron chi connectivity index (χ4n) is 1.94. The van der Waals surface area contributed by atoms with E-state index in [2.05, 4.69) is 5.32 Å². The molecule has 1 heterocycles. The Kier molecular flexibility index (Phi) is 4.46. The zero-order valence-electron chi connectivity index (χ0n) is 11.7. The van der Waals surface area contributed by atoms with Gasteiger partial charge >= 0.3 is 0 Å². The number of rotatable bonds is 4. The van der Waals surface area contributed by atoms with Crippen molar-refractivity contribution >= 4 is 27.3 Å². The average molecular weight is 324 g/mol. The fraction of sp³-hybridized carbons (Fsp3) is 0.214. The molecule has 0 bridgehead atoms. The van der Waals surface area contributed by atoms with Crippen molar-refractivity contribution in [2.75, 3.05) is 0 Å². The van der Waals surface area contributed by atoms with E-state index in [0.29, 0.717) is 23.2 Å². The summed E-state index contributed by atoms with van der Waals surface area (Å²) < 4.78 is 23.1. The van der Waals surface area contributed by atoms with Gasteiger partial charge in [0.1, 0.15) is 0 Å². The van der Waals surface area contributed by atoms with Crippen molar-refractivity contribution in [1.82, 2.24) is 5.32 Å². The SMILES string of the molecule is Cc1cc(C(=O)NCc2cccs2)cc(S(N)(=O)=O)c1C. The Morgan fingerprint density at radius 1 is 1.33 bits per heavy atom. The van der Waals surface area contributed by atoms with Gasteiger partial charge in [-0.3, -0.25) is 4.79 Å². The molecule has 5 nitrogen and oxygen atoms in total. The Labute approximate surface area is 127 Å². The molecule has 2 aromatic rings. The summed E-state index contributed by atoms with van der Waals surface area (Å²) in [5.41, 5.74) is 1.56. The molecule has 1 aromatic heterocycles. The molecular weight excluding hydrogens is 308 g/mol. The number of nitrogens with two attached hydrogens (primary N) is 1. The molecule has 0 spiro atoms. The van der Waals surface area contributed by atoms with E-state index in [9.17, 15) is 13.2 Å². The number of benzene rings is 1. The highest BCUT2D eigenvalue weighted by Gasteiger charge is 2.17. The van der Waals surface area contributed by atoms with Gasteiger partial charge in [0.25, 0.3) is 5.91 Å². The summed E-state index contributed by atoms with van der Waals surface area (Å²) in [5.74, 6) is -0.323. The van der Waals surface area contributed by atoms with E-state index in [1.165, 1.54) is 6.07 Å². The maximum Gasteiger partial charge on any atom is 0.251 e. The normalized spacial score (nSPS) is 11.4. The number of thiophene rings is 1. The third kappa shape index (κ3) is 3.69. The van der Waals surface area contributed by atoms with Crippen molar-refractivity contribution in [3.05, 3.63) is 51.2 Å². The monoisotopic (exact) mass is 324 g/mol. The van der Waals surface area contributed by atoms with Crippen LogP contribution in [-0.4, -0.2) is 14.3 Å². The molecule has 7 heteroatoms. The van der Waals surface area contributed by atoms with Gasteiger partial charge in [0.05, 0.1) is 11.4 Å². The molecule has 1 amide bonds.